The van der Waals surface area contributed by atoms with Gasteiger partial charge in [0.2, 0.25) is 0 Å². The van der Waals surface area contributed by atoms with Gasteiger partial charge in [-0.2, -0.15) is 13.2 Å². The Labute approximate surface area is 140 Å². The molecule has 0 aliphatic carbocycles. The molecule has 0 amide bonds. The van der Waals surface area contributed by atoms with E-state index in [1.165, 1.54) is 6.07 Å². The summed E-state index contributed by atoms with van der Waals surface area (Å²) < 4.78 is 65.0. The van der Waals surface area contributed by atoms with E-state index in [9.17, 15) is 21.6 Å². The van der Waals surface area contributed by atoms with Gasteiger partial charge in [-0.1, -0.05) is 23.4 Å². The maximum absolute atomic E-state index is 12.8. The van der Waals surface area contributed by atoms with E-state index in [1.807, 2.05) is 0 Å². The van der Waals surface area contributed by atoms with Crippen molar-refractivity contribution in [2.24, 2.45) is 4.40 Å². The first-order chi connectivity index (χ1) is 10.6. The van der Waals surface area contributed by atoms with Crippen LogP contribution < -0.4 is 0 Å². The Bertz CT molecular complexity index is 819. The third kappa shape index (κ3) is 3.67. The summed E-state index contributed by atoms with van der Waals surface area (Å²) in [5.74, 6) is -0.0782. The molecule has 0 unspecified atom stereocenters. The monoisotopic (exact) mass is 382 g/mol. The number of nitrogens with zero attached hydrogens (tertiary/aromatic N) is 2. The van der Waals surface area contributed by atoms with Crippen LogP contribution in [-0.4, -0.2) is 30.8 Å². The molecule has 2 heterocycles. The topological polar surface area (TPSA) is 49.7 Å². The average molecular weight is 383 g/mol. The maximum atomic E-state index is 12.8. The summed E-state index contributed by atoms with van der Waals surface area (Å²) in [5, 5.41) is 0.563. The van der Waals surface area contributed by atoms with Gasteiger partial charge in [-0.3, -0.25) is 0 Å². The van der Waals surface area contributed by atoms with Crippen LogP contribution in [0, 0.1) is 0 Å². The molecule has 0 N–H and O–H groups in total. The Hall–Kier alpha value is -1.19. The van der Waals surface area contributed by atoms with Gasteiger partial charge in [0, 0.05) is 29.1 Å². The summed E-state index contributed by atoms with van der Waals surface area (Å²) in [6.45, 7) is 0.286. The lowest BCUT2D eigenvalue weighted by molar-refractivity contribution is -0.137. The first-order valence-electron chi connectivity index (χ1n) is 6.47. The lowest BCUT2D eigenvalue weighted by Crippen LogP contribution is -2.31. The summed E-state index contributed by atoms with van der Waals surface area (Å²) >= 11 is 7.11. The van der Waals surface area contributed by atoms with E-state index in [0.717, 1.165) is 23.9 Å². The second-order valence-corrected chi connectivity index (χ2v) is 8.29. The quantitative estimate of drug-likeness (QED) is 0.785. The van der Waals surface area contributed by atoms with Crippen LogP contribution in [0.2, 0.25) is 5.02 Å². The Balaban J connectivity index is 1.84. The van der Waals surface area contributed by atoms with Gasteiger partial charge in [-0.05, 0) is 23.8 Å². The van der Waals surface area contributed by atoms with Crippen molar-refractivity contribution < 1.29 is 21.6 Å². The molecule has 4 nitrogen and oxygen atoms in total. The number of benzene rings is 1. The van der Waals surface area contributed by atoms with Gasteiger partial charge in [-0.25, -0.2) is 8.42 Å². The molecule has 1 aromatic carbocycles. The summed E-state index contributed by atoms with van der Waals surface area (Å²) in [7, 11) is -3.45. The number of halogens is 4. The largest absolute Gasteiger partial charge is 0.416 e. The molecule has 3 rings (SSSR count). The van der Waals surface area contributed by atoms with Crippen LogP contribution >= 0.6 is 23.4 Å². The molecule has 0 bridgehead atoms. The molecule has 2 aliphatic heterocycles. The standard InChI is InChI=1S/C13H10ClF3N2O2S2/c14-11-2-1-9(13(15,16)17)5-8(11)6-10-7-19-3-4-23(20,21)18-12(19)22-10/h1-2,5,7H,3-4,6H2. The highest BCUT2D eigenvalue weighted by atomic mass is 35.5. The second kappa shape index (κ2) is 5.71. The van der Waals surface area contributed by atoms with Crippen molar-refractivity contribution in [3.05, 3.63) is 45.5 Å². The number of rotatable bonds is 2. The molecule has 0 spiro atoms. The number of fused-ring (bicyclic) bond motifs is 1. The highest BCUT2D eigenvalue weighted by Gasteiger charge is 2.32. The van der Waals surface area contributed by atoms with E-state index >= 15 is 0 Å². The Kier molecular flexibility index (Phi) is 4.14. The first-order valence-corrected chi connectivity index (χ1v) is 9.28. The number of sulfonamides is 1. The molecule has 1 aromatic rings. The molecule has 10 heteroatoms. The molecule has 0 radical (unpaired) electrons. The first kappa shape index (κ1) is 16.7. The number of thioether (sulfide) groups is 1. The van der Waals surface area contributed by atoms with Crippen molar-refractivity contribution in [3.8, 4) is 0 Å². The van der Waals surface area contributed by atoms with Crippen LogP contribution in [-0.2, 0) is 22.6 Å². The van der Waals surface area contributed by atoms with E-state index < -0.39 is 21.8 Å². The van der Waals surface area contributed by atoms with E-state index in [0.29, 0.717) is 15.6 Å². The number of allylic oxidation sites excluding steroid dienone is 1. The molecule has 0 saturated carbocycles. The van der Waals surface area contributed by atoms with Crippen molar-refractivity contribution in [3.63, 3.8) is 0 Å². The Morgan fingerprint density at radius 1 is 1.35 bits per heavy atom. The van der Waals surface area contributed by atoms with Gasteiger partial charge in [0.05, 0.1) is 11.3 Å². The number of alkyl halides is 3. The average Bonchev–Trinajstić information content (AvgIpc) is 2.80. The minimum atomic E-state index is -4.44. The number of hydrogen-bond donors (Lipinski definition) is 0. The molecule has 124 valence electrons. The molecule has 0 atom stereocenters. The van der Waals surface area contributed by atoms with Crippen molar-refractivity contribution in [1.29, 1.82) is 0 Å². The molecular weight excluding hydrogens is 373 g/mol. The van der Waals surface area contributed by atoms with Crippen molar-refractivity contribution in [2.45, 2.75) is 12.6 Å². The van der Waals surface area contributed by atoms with Gasteiger partial charge in [0.1, 0.15) is 0 Å². The number of amidine groups is 1. The van der Waals surface area contributed by atoms with Gasteiger partial charge in [0.15, 0.2) is 5.17 Å². The summed E-state index contributed by atoms with van der Waals surface area (Å²) in [5.41, 5.74) is -0.429. The van der Waals surface area contributed by atoms with E-state index in [4.69, 9.17) is 11.6 Å². The molecule has 0 aromatic heterocycles. The minimum absolute atomic E-state index is 0.0782. The molecule has 0 saturated heterocycles. The maximum Gasteiger partial charge on any atom is 0.416 e. The minimum Gasteiger partial charge on any atom is -0.325 e. The summed E-state index contributed by atoms with van der Waals surface area (Å²) in [4.78, 5) is 2.38. The van der Waals surface area contributed by atoms with Crippen LogP contribution in [0.4, 0.5) is 13.2 Å². The fourth-order valence-corrected chi connectivity index (χ4v) is 4.64. The lowest BCUT2D eigenvalue weighted by atomic mass is 10.1. The van der Waals surface area contributed by atoms with Gasteiger partial charge in [0.25, 0.3) is 10.0 Å². The molecule has 23 heavy (non-hydrogen) atoms. The second-order valence-electron chi connectivity index (χ2n) is 5.03. The third-order valence-corrected chi connectivity index (χ3v) is 5.97. The predicted octanol–water partition coefficient (Wildman–Crippen LogP) is 3.49. The van der Waals surface area contributed by atoms with Crippen LogP contribution in [0.1, 0.15) is 11.1 Å². The van der Waals surface area contributed by atoms with Gasteiger partial charge >= 0.3 is 6.18 Å². The van der Waals surface area contributed by atoms with Crippen molar-refractivity contribution in [2.75, 3.05) is 12.3 Å². The smallest absolute Gasteiger partial charge is 0.325 e. The lowest BCUT2D eigenvalue weighted by Gasteiger charge is -2.19. The predicted molar refractivity (Wildman–Crippen MR) is 83.8 cm³/mol. The van der Waals surface area contributed by atoms with Crippen molar-refractivity contribution in [1.82, 2.24) is 4.90 Å². The summed E-state index contributed by atoms with van der Waals surface area (Å²) in [6, 6.07) is 3.16. The fraction of sp³-hybridized carbons (Fsp3) is 0.308. The molecule has 2 aliphatic rings. The zero-order valence-electron chi connectivity index (χ0n) is 11.5. The Morgan fingerprint density at radius 3 is 2.78 bits per heavy atom. The van der Waals surface area contributed by atoms with Crippen LogP contribution in [0.15, 0.2) is 33.7 Å². The molecular formula is C13H10ClF3N2O2S2. The highest BCUT2D eigenvalue weighted by Crippen LogP contribution is 2.37. The normalized spacial score (nSPS) is 20.1. The summed E-state index contributed by atoms with van der Waals surface area (Å²) in [6.07, 6.45) is -2.55. The van der Waals surface area contributed by atoms with E-state index in [2.05, 4.69) is 4.40 Å². The van der Waals surface area contributed by atoms with Crippen LogP contribution in [0.5, 0.6) is 0 Å². The third-order valence-electron chi connectivity index (χ3n) is 3.31. The fourth-order valence-electron chi connectivity index (χ4n) is 2.20. The van der Waals surface area contributed by atoms with E-state index in [-0.39, 0.29) is 23.7 Å². The van der Waals surface area contributed by atoms with Crippen LogP contribution in [0.3, 0.4) is 0 Å². The van der Waals surface area contributed by atoms with Gasteiger partial charge < -0.3 is 4.90 Å². The zero-order chi connectivity index (χ0) is 16.8. The Morgan fingerprint density at radius 2 is 2.09 bits per heavy atom. The van der Waals surface area contributed by atoms with Gasteiger partial charge in [-0.15, -0.1) is 4.40 Å². The highest BCUT2D eigenvalue weighted by molar-refractivity contribution is 8.18. The van der Waals surface area contributed by atoms with Crippen LogP contribution in [0.25, 0.3) is 0 Å². The zero-order valence-corrected chi connectivity index (χ0v) is 13.9. The number of hydrogen-bond acceptors (Lipinski definition) is 4. The van der Waals surface area contributed by atoms with E-state index in [1.54, 1.807) is 11.1 Å². The van der Waals surface area contributed by atoms with Crippen molar-refractivity contribution >= 4 is 38.6 Å². The SMILES string of the molecule is O=S1(=O)CCN2C=C(Cc3cc(C(F)(F)F)ccc3Cl)SC2=N1. The molecule has 0 fully saturated rings.